The maximum atomic E-state index is 5.94. The number of H-pyrrole nitrogens is 1. The molecule has 0 radical (unpaired) electrons. The van der Waals surface area contributed by atoms with Gasteiger partial charge in [-0.05, 0) is 36.5 Å². The first-order valence-electron chi connectivity index (χ1n) is 5.42. The minimum Gasteiger partial charge on any atom is -0.361 e. The van der Waals surface area contributed by atoms with Crippen molar-refractivity contribution in [3.63, 3.8) is 0 Å². The molecule has 0 aliphatic heterocycles. The predicted octanol–water partition coefficient (Wildman–Crippen LogP) is 4.41. The summed E-state index contributed by atoms with van der Waals surface area (Å²) < 4.78 is 0. The van der Waals surface area contributed by atoms with Gasteiger partial charge >= 0.3 is 0 Å². The van der Waals surface area contributed by atoms with Gasteiger partial charge in [-0.1, -0.05) is 31.5 Å². The Bertz CT molecular complexity index is 457. The average molecular weight is 222 g/mol. The molecule has 1 aromatic carbocycles. The zero-order valence-corrected chi connectivity index (χ0v) is 9.93. The lowest BCUT2D eigenvalue weighted by atomic mass is 10.0. The lowest BCUT2D eigenvalue weighted by molar-refractivity contribution is 0.588. The summed E-state index contributed by atoms with van der Waals surface area (Å²) in [5.74, 6) is 0.752. The fourth-order valence-corrected chi connectivity index (χ4v) is 1.98. The molecule has 0 spiro atoms. The molecule has 2 rings (SSSR count). The molecular weight excluding hydrogens is 206 g/mol. The first-order chi connectivity index (χ1) is 7.16. The van der Waals surface area contributed by atoms with Gasteiger partial charge in [-0.3, -0.25) is 0 Å². The van der Waals surface area contributed by atoms with E-state index in [1.807, 2.05) is 12.1 Å². The molecule has 0 bridgehead atoms. The van der Waals surface area contributed by atoms with Crippen LogP contribution in [0, 0.1) is 5.92 Å². The van der Waals surface area contributed by atoms with E-state index >= 15 is 0 Å². The van der Waals surface area contributed by atoms with Gasteiger partial charge < -0.3 is 4.98 Å². The molecule has 0 amide bonds. The highest BCUT2D eigenvalue weighted by atomic mass is 35.5. The third-order valence-corrected chi connectivity index (χ3v) is 2.96. The van der Waals surface area contributed by atoms with E-state index in [-0.39, 0.29) is 0 Å². The summed E-state index contributed by atoms with van der Waals surface area (Å²) in [5.41, 5.74) is 2.54. The normalized spacial score (nSPS) is 11.5. The van der Waals surface area contributed by atoms with Gasteiger partial charge in [0.05, 0.1) is 0 Å². The maximum absolute atomic E-state index is 5.94. The Morgan fingerprint density at radius 2 is 2.13 bits per heavy atom. The molecule has 0 unspecified atom stereocenters. The molecule has 1 N–H and O–H groups in total. The van der Waals surface area contributed by atoms with E-state index in [2.05, 4.69) is 31.1 Å². The first-order valence-corrected chi connectivity index (χ1v) is 5.80. The van der Waals surface area contributed by atoms with Crippen LogP contribution in [-0.4, -0.2) is 4.98 Å². The molecule has 1 nitrogen and oxygen atoms in total. The summed E-state index contributed by atoms with van der Waals surface area (Å²) in [5, 5.41) is 2.10. The highest BCUT2D eigenvalue weighted by Crippen LogP contribution is 2.23. The van der Waals surface area contributed by atoms with E-state index in [0.717, 1.165) is 22.9 Å². The lowest BCUT2D eigenvalue weighted by Crippen LogP contribution is -1.90. The summed E-state index contributed by atoms with van der Waals surface area (Å²) in [4.78, 5) is 3.27. The van der Waals surface area contributed by atoms with Gasteiger partial charge in [0.1, 0.15) is 0 Å². The van der Waals surface area contributed by atoms with Gasteiger partial charge in [-0.25, -0.2) is 0 Å². The van der Waals surface area contributed by atoms with Crippen LogP contribution in [0.4, 0.5) is 0 Å². The van der Waals surface area contributed by atoms with Crippen molar-refractivity contribution < 1.29 is 0 Å². The van der Waals surface area contributed by atoms with E-state index in [4.69, 9.17) is 11.6 Å². The fourth-order valence-electron chi connectivity index (χ4n) is 1.81. The van der Waals surface area contributed by atoms with E-state index in [1.54, 1.807) is 0 Å². The second-order valence-corrected chi connectivity index (χ2v) is 4.87. The van der Waals surface area contributed by atoms with Crippen molar-refractivity contribution in [1.29, 1.82) is 0 Å². The number of nitrogens with one attached hydrogen (secondary N) is 1. The number of aromatic amines is 1. The van der Waals surface area contributed by atoms with Crippen LogP contribution in [0.3, 0.4) is 0 Å². The standard InChI is InChI=1S/C13H16ClN/c1-9(2)3-4-10-8-15-13-7-11(14)5-6-12(10)13/h5-9,15H,3-4H2,1-2H3. The molecule has 0 aliphatic carbocycles. The Morgan fingerprint density at radius 1 is 1.33 bits per heavy atom. The fraction of sp³-hybridized carbons (Fsp3) is 0.385. The second kappa shape index (κ2) is 4.28. The van der Waals surface area contributed by atoms with Crippen LogP contribution in [0.15, 0.2) is 24.4 Å². The largest absolute Gasteiger partial charge is 0.361 e. The van der Waals surface area contributed by atoms with Crippen LogP contribution >= 0.6 is 11.6 Å². The van der Waals surface area contributed by atoms with Crippen molar-refractivity contribution >= 4 is 22.5 Å². The number of aromatic nitrogens is 1. The van der Waals surface area contributed by atoms with Crippen LogP contribution in [0.2, 0.25) is 5.02 Å². The molecule has 2 aromatic rings. The number of aryl methyl sites for hydroxylation is 1. The number of hydrogen-bond acceptors (Lipinski definition) is 0. The SMILES string of the molecule is CC(C)CCc1c[nH]c2cc(Cl)ccc12. The van der Waals surface area contributed by atoms with Crippen molar-refractivity contribution in [2.75, 3.05) is 0 Å². The number of benzene rings is 1. The van der Waals surface area contributed by atoms with Crippen molar-refractivity contribution in [3.8, 4) is 0 Å². The third-order valence-electron chi connectivity index (χ3n) is 2.72. The Balaban J connectivity index is 2.29. The lowest BCUT2D eigenvalue weighted by Gasteiger charge is -2.03. The number of halogens is 1. The molecule has 0 aliphatic rings. The highest BCUT2D eigenvalue weighted by Gasteiger charge is 2.04. The number of fused-ring (bicyclic) bond motifs is 1. The van der Waals surface area contributed by atoms with Gasteiger partial charge in [0, 0.05) is 22.1 Å². The van der Waals surface area contributed by atoms with Crippen molar-refractivity contribution in [3.05, 3.63) is 35.0 Å². The van der Waals surface area contributed by atoms with E-state index in [9.17, 15) is 0 Å². The van der Waals surface area contributed by atoms with E-state index in [0.29, 0.717) is 0 Å². The number of rotatable bonds is 3. The molecule has 0 atom stereocenters. The Kier molecular flexibility index (Phi) is 3.01. The maximum Gasteiger partial charge on any atom is 0.0471 e. The molecule has 0 saturated heterocycles. The number of hydrogen-bond donors (Lipinski definition) is 1. The molecule has 0 fully saturated rings. The molecular formula is C13H16ClN. The molecule has 0 saturated carbocycles. The van der Waals surface area contributed by atoms with E-state index in [1.165, 1.54) is 17.4 Å². The van der Waals surface area contributed by atoms with Crippen LogP contribution in [0.1, 0.15) is 25.8 Å². The summed E-state index contributed by atoms with van der Waals surface area (Å²) in [6.07, 6.45) is 4.47. The van der Waals surface area contributed by atoms with Gasteiger partial charge in [-0.15, -0.1) is 0 Å². The zero-order chi connectivity index (χ0) is 10.8. The van der Waals surface area contributed by atoms with Crippen LogP contribution in [0.5, 0.6) is 0 Å². The van der Waals surface area contributed by atoms with Crippen LogP contribution in [-0.2, 0) is 6.42 Å². The minimum atomic E-state index is 0.752. The van der Waals surface area contributed by atoms with Gasteiger partial charge in [0.15, 0.2) is 0 Å². The zero-order valence-electron chi connectivity index (χ0n) is 9.18. The average Bonchev–Trinajstić information content (AvgIpc) is 2.57. The summed E-state index contributed by atoms with van der Waals surface area (Å²) >= 11 is 5.94. The van der Waals surface area contributed by atoms with Crippen molar-refractivity contribution in [2.45, 2.75) is 26.7 Å². The first kappa shape index (κ1) is 10.6. The van der Waals surface area contributed by atoms with Crippen LogP contribution in [0.25, 0.3) is 10.9 Å². The third kappa shape index (κ3) is 2.35. The molecule has 1 heterocycles. The second-order valence-electron chi connectivity index (χ2n) is 4.44. The minimum absolute atomic E-state index is 0.752. The summed E-state index contributed by atoms with van der Waals surface area (Å²) in [6.45, 7) is 4.51. The molecule has 2 heteroatoms. The molecule has 1 aromatic heterocycles. The summed E-state index contributed by atoms with van der Waals surface area (Å²) in [6, 6.07) is 6.04. The van der Waals surface area contributed by atoms with Gasteiger partial charge in [0.25, 0.3) is 0 Å². The Hall–Kier alpha value is -0.950. The molecule has 15 heavy (non-hydrogen) atoms. The van der Waals surface area contributed by atoms with E-state index < -0.39 is 0 Å². The topological polar surface area (TPSA) is 15.8 Å². The molecule has 80 valence electrons. The Labute approximate surface area is 95.5 Å². The predicted molar refractivity (Wildman–Crippen MR) is 66.5 cm³/mol. The Morgan fingerprint density at radius 3 is 2.87 bits per heavy atom. The van der Waals surface area contributed by atoms with Crippen molar-refractivity contribution in [1.82, 2.24) is 4.98 Å². The van der Waals surface area contributed by atoms with Gasteiger partial charge in [0.2, 0.25) is 0 Å². The summed E-state index contributed by atoms with van der Waals surface area (Å²) in [7, 11) is 0. The smallest absolute Gasteiger partial charge is 0.0471 e. The highest BCUT2D eigenvalue weighted by molar-refractivity contribution is 6.31. The van der Waals surface area contributed by atoms with Crippen LogP contribution < -0.4 is 0 Å². The quantitative estimate of drug-likeness (QED) is 0.790. The van der Waals surface area contributed by atoms with Crippen molar-refractivity contribution in [2.24, 2.45) is 5.92 Å². The monoisotopic (exact) mass is 221 g/mol. The van der Waals surface area contributed by atoms with Gasteiger partial charge in [-0.2, -0.15) is 0 Å².